The quantitative estimate of drug-likeness (QED) is 0.0674. The Hall–Kier alpha value is -4.98. The molecule has 5 aromatic rings. The van der Waals surface area contributed by atoms with Crippen molar-refractivity contribution in [2.45, 2.75) is 57.6 Å². The first kappa shape index (κ1) is 39.7. The van der Waals surface area contributed by atoms with E-state index < -0.39 is 53.0 Å². The molecular weight excluding hydrogens is 719 g/mol. The first-order valence-corrected chi connectivity index (χ1v) is 17.8. The molecule has 0 spiro atoms. The van der Waals surface area contributed by atoms with Crippen molar-refractivity contribution in [3.8, 4) is 11.1 Å². The van der Waals surface area contributed by atoms with Gasteiger partial charge in [0.1, 0.15) is 5.56 Å². The Morgan fingerprint density at radius 2 is 1.38 bits per heavy atom. The Kier molecular flexibility index (Phi) is 12.4. The number of carbonyl (C=O) groups is 1. The molecule has 5 aromatic carbocycles. The number of halogens is 5. The second kappa shape index (κ2) is 17.2. The van der Waals surface area contributed by atoms with Crippen molar-refractivity contribution in [2.75, 3.05) is 13.6 Å². The molecule has 3 N–H and O–H groups in total. The number of aliphatic hydroxyl groups excluding tert-OH is 2. The molecule has 1 saturated heterocycles. The lowest BCUT2D eigenvalue weighted by Gasteiger charge is -2.43. The van der Waals surface area contributed by atoms with E-state index in [0.29, 0.717) is 12.1 Å². The van der Waals surface area contributed by atoms with Gasteiger partial charge in [0.25, 0.3) is 5.91 Å². The van der Waals surface area contributed by atoms with Crippen LogP contribution in [0.1, 0.15) is 70.5 Å². The average Bonchev–Trinajstić information content (AvgIpc) is 3.22. The van der Waals surface area contributed by atoms with Crippen LogP contribution in [0.15, 0.2) is 103 Å². The lowest BCUT2D eigenvalue weighted by Crippen LogP contribution is -2.46. The largest absolute Gasteiger partial charge is 0.392 e. The molecule has 0 unspecified atom stereocenters. The number of hydrogen-bond acceptors (Lipinski definition) is 6. The maximum absolute atomic E-state index is 14.2. The summed E-state index contributed by atoms with van der Waals surface area (Å²) in [5.41, 5.74) is 3.78. The van der Waals surface area contributed by atoms with Crippen LogP contribution in [0.4, 0.5) is 22.0 Å². The number of nitrogens with zero attached hydrogens (tertiary/aromatic N) is 1. The van der Waals surface area contributed by atoms with Crippen LogP contribution in [0.2, 0.25) is 0 Å². The molecule has 6 rings (SSSR count). The molecule has 0 aromatic heterocycles. The number of aliphatic hydroxyl groups is 2. The summed E-state index contributed by atoms with van der Waals surface area (Å²) in [6, 6.07) is 31.3. The van der Waals surface area contributed by atoms with Crippen molar-refractivity contribution < 1.29 is 46.4 Å². The number of rotatable bonds is 12. The van der Waals surface area contributed by atoms with Gasteiger partial charge in [-0.05, 0) is 53.4 Å². The first-order valence-electron chi connectivity index (χ1n) is 17.8. The van der Waals surface area contributed by atoms with Crippen LogP contribution in [-0.2, 0) is 22.6 Å². The lowest BCUT2D eigenvalue weighted by atomic mass is 9.89. The van der Waals surface area contributed by atoms with E-state index in [9.17, 15) is 37.0 Å². The fourth-order valence-electron chi connectivity index (χ4n) is 6.72. The van der Waals surface area contributed by atoms with Crippen LogP contribution in [0, 0.1) is 35.0 Å². The molecule has 1 aliphatic rings. The maximum Gasteiger partial charge on any atom is 0.257 e. The standard InChI is InChI=1S/C43H41F5N2O5/c1-24-33(22-50(3)25(2)40(52)29-9-5-4-6-10-29)54-43(55-41(24)30-14-12-26(23-51)13-15-30)31-18-16-28(17-19-31)32-11-7-8-27(20-32)21-49-42(53)34-35(44)37(46)39(48)38(47)36(34)45/h4-20,24-25,33,40-41,43,51-52H,21-23H2,1-3H3,(H,49,53)/t24-,25+,33+,40+,41+,43+/m1/s1. The molecular formula is C43H41F5N2O5. The minimum atomic E-state index is -2.34. The monoisotopic (exact) mass is 760 g/mol. The number of ether oxygens (including phenoxy) is 2. The molecule has 0 aliphatic carbocycles. The van der Waals surface area contributed by atoms with E-state index in [1.165, 1.54) is 0 Å². The number of amides is 1. The van der Waals surface area contributed by atoms with E-state index in [2.05, 4.69) is 17.1 Å². The molecule has 288 valence electrons. The SMILES string of the molecule is C[C@@H]1[C@H](CN(C)[C@@H](C)[C@H](O)c2ccccc2)O[C@H](c2ccc(-c3cccc(CNC(=O)c4c(F)c(F)c(F)c(F)c4F)c3)cc2)O[C@@H]1c1ccc(CO)cc1. The predicted molar refractivity (Wildman–Crippen MR) is 196 cm³/mol. The number of carbonyl (C=O) groups excluding carboxylic acids is 1. The van der Waals surface area contributed by atoms with E-state index in [-0.39, 0.29) is 37.3 Å². The molecule has 1 heterocycles. The van der Waals surface area contributed by atoms with Gasteiger partial charge in [-0.2, -0.15) is 0 Å². The third kappa shape index (κ3) is 8.64. The Morgan fingerprint density at radius 3 is 2.02 bits per heavy atom. The highest BCUT2D eigenvalue weighted by Crippen LogP contribution is 2.42. The van der Waals surface area contributed by atoms with Gasteiger partial charge in [0.2, 0.25) is 5.82 Å². The van der Waals surface area contributed by atoms with Gasteiger partial charge in [0, 0.05) is 30.6 Å². The molecule has 1 fully saturated rings. The van der Waals surface area contributed by atoms with Gasteiger partial charge in [0.05, 0.1) is 24.9 Å². The van der Waals surface area contributed by atoms with Gasteiger partial charge in [-0.25, -0.2) is 22.0 Å². The van der Waals surface area contributed by atoms with Crippen LogP contribution in [0.3, 0.4) is 0 Å². The van der Waals surface area contributed by atoms with E-state index in [1.807, 2.05) is 98.9 Å². The van der Waals surface area contributed by atoms with Gasteiger partial charge >= 0.3 is 0 Å². The number of nitrogens with one attached hydrogen (secondary N) is 1. The zero-order valence-electron chi connectivity index (χ0n) is 30.4. The highest BCUT2D eigenvalue weighted by atomic mass is 19.2. The van der Waals surface area contributed by atoms with Crippen LogP contribution < -0.4 is 5.32 Å². The van der Waals surface area contributed by atoms with Crippen molar-refractivity contribution in [1.29, 1.82) is 0 Å². The Balaban J connectivity index is 1.19. The zero-order valence-corrected chi connectivity index (χ0v) is 30.4. The maximum atomic E-state index is 14.2. The van der Waals surface area contributed by atoms with E-state index in [4.69, 9.17) is 9.47 Å². The van der Waals surface area contributed by atoms with E-state index >= 15 is 0 Å². The third-order valence-electron chi connectivity index (χ3n) is 10.2. The number of hydrogen-bond donors (Lipinski definition) is 3. The van der Waals surface area contributed by atoms with Crippen molar-refractivity contribution in [1.82, 2.24) is 10.2 Å². The van der Waals surface area contributed by atoms with Crippen LogP contribution in [0.5, 0.6) is 0 Å². The lowest BCUT2D eigenvalue weighted by molar-refractivity contribution is -0.276. The molecule has 0 saturated carbocycles. The summed E-state index contributed by atoms with van der Waals surface area (Å²) in [5, 5.41) is 23.0. The fourth-order valence-corrected chi connectivity index (χ4v) is 6.72. The molecule has 0 radical (unpaired) electrons. The van der Waals surface area contributed by atoms with Crippen molar-refractivity contribution in [2.24, 2.45) is 5.92 Å². The molecule has 55 heavy (non-hydrogen) atoms. The summed E-state index contributed by atoms with van der Waals surface area (Å²) < 4.78 is 82.3. The van der Waals surface area contributed by atoms with Gasteiger partial charge in [0.15, 0.2) is 29.6 Å². The van der Waals surface area contributed by atoms with Crippen molar-refractivity contribution >= 4 is 5.91 Å². The predicted octanol–water partition coefficient (Wildman–Crippen LogP) is 8.32. The normalized spacial score (nSPS) is 19.6. The summed E-state index contributed by atoms with van der Waals surface area (Å²) >= 11 is 0. The van der Waals surface area contributed by atoms with Gasteiger partial charge < -0.3 is 25.0 Å². The van der Waals surface area contributed by atoms with Crippen LogP contribution in [0.25, 0.3) is 11.1 Å². The summed E-state index contributed by atoms with van der Waals surface area (Å²) in [5.74, 6) is -12.7. The second-order valence-electron chi connectivity index (χ2n) is 13.8. The number of benzene rings is 5. The van der Waals surface area contributed by atoms with Crippen molar-refractivity contribution in [3.63, 3.8) is 0 Å². The number of likely N-dealkylation sites (N-methyl/N-ethyl adjacent to an activating group) is 1. The zero-order chi connectivity index (χ0) is 39.4. The Bertz CT molecular complexity index is 2070. The summed E-state index contributed by atoms with van der Waals surface area (Å²) in [6.45, 7) is 4.22. The molecule has 0 bridgehead atoms. The third-order valence-corrected chi connectivity index (χ3v) is 10.2. The summed E-state index contributed by atoms with van der Waals surface area (Å²) in [6.07, 6.45) is -2.11. The minimum Gasteiger partial charge on any atom is -0.392 e. The summed E-state index contributed by atoms with van der Waals surface area (Å²) in [4.78, 5) is 14.6. The van der Waals surface area contributed by atoms with Gasteiger partial charge in [-0.1, -0.05) is 104 Å². The van der Waals surface area contributed by atoms with Gasteiger partial charge in [-0.3, -0.25) is 9.69 Å². The summed E-state index contributed by atoms with van der Waals surface area (Å²) in [7, 11) is 1.95. The molecule has 1 amide bonds. The Labute approximate surface area is 316 Å². The van der Waals surface area contributed by atoms with E-state index in [1.54, 1.807) is 18.2 Å². The van der Waals surface area contributed by atoms with Crippen molar-refractivity contribution in [3.05, 3.63) is 166 Å². The average molecular weight is 761 g/mol. The first-order chi connectivity index (χ1) is 26.4. The van der Waals surface area contributed by atoms with Crippen LogP contribution >= 0.6 is 0 Å². The topological polar surface area (TPSA) is 91.3 Å². The highest BCUT2D eigenvalue weighted by Gasteiger charge is 2.39. The molecule has 7 nitrogen and oxygen atoms in total. The Morgan fingerprint density at radius 1 is 0.764 bits per heavy atom. The highest BCUT2D eigenvalue weighted by molar-refractivity contribution is 5.94. The molecule has 1 aliphatic heterocycles. The molecule has 12 heteroatoms. The van der Waals surface area contributed by atoms with E-state index in [0.717, 1.165) is 33.4 Å². The van der Waals surface area contributed by atoms with Gasteiger partial charge in [-0.15, -0.1) is 0 Å². The smallest absolute Gasteiger partial charge is 0.257 e. The van der Waals surface area contributed by atoms with Crippen LogP contribution in [-0.4, -0.2) is 46.8 Å². The fraction of sp³-hybridized carbons (Fsp3) is 0.279. The molecule has 6 atom stereocenters. The second-order valence-corrected chi connectivity index (χ2v) is 13.8. The minimum absolute atomic E-state index is 0.0789.